The molecule has 0 aliphatic rings. The molecule has 0 spiro atoms. The molecule has 100 valence electrons. The van der Waals surface area contributed by atoms with Crippen LogP contribution in [-0.2, 0) is 12.8 Å². The van der Waals surface area contributed by atoms with Gasteiger partial charge >= 0.3 is 0 Å². The van der Waals surface area contributed by atoms with Crippen LogP contribution in [0, 0.1) is 0 Å². The largest absolute Gasteiger partial charge is 0.161 e. The fraction of sp³-hybridized carbons (Fsp3) is 0.250. The lowest BCUT2D eigenvalue weighted by atomic mass is 10.2. The van der Waals surface area contributed by atoms with Crippen molar-refractivity contribution in [3.8, 4) is 0 Å². The summed E-state index contributed by atoms with van der Waals surface area (Å²) in [5, 5.41) is 1.74. The molecule has 0 saturated carbocycles. The Morgan fingerprint density at radius 3 is 1.53 bits per heavy atom. The van der Waals surface area contributed by atoms with Crippen molar-refractivity contribution in [3.05, 3.63) is 69.7 Å². The first-order valence-corrected chi connectivity index (χ1v) is 8.23. The molecule has 0 unspecified atom stereocenters. The number of hydrogen-bond acceptors (Lipinski definition) is 1. The Hall–Kier alpha value is -0.630. The van der Waals surface area contributed by atoms with Crippen LogP contribution in [-0.4, -0.2) is 11.5 Å². The summed E-state index contributed by atoms with van der Waals surface area (Å²) in [5.74, 6) is 2.18. The Morgan fingerprint density at radius 2 is 1.11 bits per heavy atom. The maximum Gasteiger partial charge on any atom is 0.0438 e. The summed E-state index contributed by atoms with van der Waals surface area (Å²) in [4.78, 5) is 0. The van der Waals surface area contributed by atoms with Gasteiger partial charge in [-0.1, -0.05) is 59.6 Å². The third-order valence-electron chi connectivity index (χ3n) is 2.95. The average Bonchev–Trinajstić information content (AvgIpc) is 2.42. The molecule has 3 heteroatoms. The van der Waals surface area contributed by atoms with Gasteiger partial charge in [0.1, 0.15) is 0 Å². The number of hydrogen-bond donors (Lipinski definition) is 0. The van der Waals surface area contributed by atoms with Gasteiger partial charge in [0.2, 0.25) is 0 Å². The first kappa shape index (κ1) is 14.8. The predicted molar refractivity (Wildman–Crippen MR) is 87.6 cm³/mol. The molecular weight excluding hydrogens is 295 g/mol. The van der Waals surface area contributed by atoms with Crippen molar-refractivity contribution in [1.29, 1.82) is 0 Å². The van der Waals surface area contributed by atoms with Gasteiger partial charge in [-0.15, -0.1) is 0 Å². The Morgan fingerprint density at radius 1 is 0.684 bits per heavy atom. The van der Waals surface area contributed by atoms with Crippen LogP contribution in [0.3, 0.4) is 0 Å². The van der Waals surface area contributed by atoms with Crippen molar-refractivity contribution in [2.45, 2.75) is 12.8 Å². The third-order valence-corrected chi connectivity index (χ3v) is 4.67. The van der Waals surface area contributed by atoms with E-state index < -0.39 is 0 Å². The SMILES string of the molecule is Clc1ccccc1CCSCCc1ccccc1Cl. The van der Waals surface area contributed by atoms with Gasteiger partial charge in [-0.05, 0) is 47.6 Å². The fourth-order valence-electron chi connectivity index (χ4n) is 1.87. The topological polar surface area (TPSA) is 0 Å². The summed E-state index contributed by atoms with van der Waals surface area (Å²) < 4.78 is 0. The van der Waals surface area contributed by atoms with E-state index in [1.165, 1.54) is 11.1 Å². The smallest absolute Gasteiger partial charge is 0.0438 e. The molecule has 0 aromatic heterocycles. The van der Waals surface area contributed by atoms with Crippen molar-refractivity contribution in [2.24, 2.45) is 0 Å². The normalized spacial score (nSPS) is 10.6. The summed E-state index contributed by atoms with van der Waals surface area (Å²) in [5.41, 5.74) is 2.46. The lowest BCUT2D eigenvalue weighted by Gasteiger charge is -2.05. The van der Waals surface area contributed by atoms with Crippen LogP contribution in [0.25, 0.3) is 0 Å². The summed E-state index contributed by atoms with van der Waals surface area (Å²) in [6.45, 7) is 0. The second-order valence-corrected chi connectivity index (χ2v) is 6.33. The number of benzene rings is 2. The van der Waals surface area contributed by atoms with E-state index in [1.807, 2.05) is 48.2 Å². The van der Waals surface area contributed by atoms with Gasteiger partial charge in [-0.3, -0.25) is 0 Å². The van der Waals surface area contributed by atoms with Crippen molar-refractivity contribution in [2.75, 3.05) is 11.5 Å². The molecule has 2 aromatic carbocycles. The molecular formula is C16H16Cl2S. The van der Waals surface area contributed by atoms with Gasteiger partial charge in [-0.25, -0.2) is 0 Å². The third kappa shape index (κ3) is 4.76. The maximum atomic E-state index is 6.13. The standard InChI is InChI=1S/C16H16Cl2S/c17-15-7-3-1-5-13(15)9-11-19-12-10-14-6-2-4-8-16(14)18/h1-8H,9-12H2. The van der Waals surface area contributed by atoms with E-state index in [-0.39, 0.29) is 0 Å². The molecule has 0 aliphatic carbocycles. The minimum absolute atomic E-state index is 0.870. The lowest BCUT2D eigenvalue weighted by Crippen LogP contribution is -1.94. The molecule has 0 amide bonds. The average molecular weight is 311 g/mol. The van der Waals surface area contributed by atoms with Crippen LogP contribution in [0.1, 0.15) is 11.1 Å². The van der Waals surface area contributed by atoms with E-state index in [4.69, 9.17) is 23.2 Å². The quantitative estimate of drug-likeness (QED) is 0.634. The molecule has 0 nitrogen and oxygen atoms in total. The van der Waals surface area contributed by atoms with Crippen LogP contribution in [0.15, 0.2) is 48.5 Å². The Bertz CT molecular complexity index is 478. The molecule has 0 bridgehead atoms. The van der Waals surface area contributed by atoms with Gasteiger partial charge in [0, 0.05) is 10.0 Å². The molecule has 0 heterocycles. The van der Waals surface area contributed by atoms with Crippen molar-refractivity contribution in [3.63, 3.8) is 0 Å². The summed E-state index contributed by atoms with van der Waals surface area (Å²) in [6.07, 6.45) is 2.04. The second kappa shape index (κ2) is 7.84. The zero-order chi connectivity index (χ0) is 13.5. The van der Waals surface area contributed by atoms with Crippen molar-refractivity contribution >= 4 is 35.0 Å². The number of aryl methyl sites for hydroxylation is 2. The van der Waals surface area contributed by atoms with Crippen LogP contribution in [0.4, 0.5) is 0 Å². The highest BCUT2D eigenvalue weighted by atomic mass is 35.5. The molecule has 0 atom stereocenters. The highest BCUT2D eigenvalue weighted by Gasteiger charge is 2.01. The first-order valence-electron chi connectivity index (χ1n) is 6.32. The van der Waals surface area contributed by atoms with E-state index in [9.17, 15) is 0 Å². The molecule has 0 saturated heterocycles. The minimum atomic E-state index is 0.870. The van der Waals surface area contributed by atoms with E-state index >= 15 is 0 Å². The van der Waals surface area contributed by atoms with Crippen LogP contribution < -0.4 is 0 Å². The van der Waals surface area contributed by atoms with E-state index in [1.54, 1.807) is 0 Å². The summed E-state index contributed by atoms with van der Waals surface area (Å²) in [6, 6.07) is 16.1. The van der Waals surface area contributed by atoms with E-state index in [0.717, 1.165) is 34.4 Å². The molecule has 19 heavy (non-hydrogen) atoms. The number of rotatable bonds is 6. The number of halogens is 2. The molecule has 2 rings (SSSR count). The molecule has 2 aromatic rings. The maximum absolute atomic E-state index is 6.13. The van der Waals surface area contributed by atoms with Gasteiger partial charge in [0.15, 0.2) is 0 Å². The van der Waals surface area contributed by atoms with Gasteiger partial charge < -0.3 is 0 Å². The minimum Gasteiger partial charge on any atom is -0.161 e. The summed E-state index contributed by atoms with van der Waals surface area (Å²) in [7, 11) is 0. The Balaban J connectivity index is 1.71. The van der Waals surface area contributed by atoms with E-state index in [2.05, 4.69) is 12.1 Å². The highest BCUT2D eigenvalue weighted by Crippen LogP contribution is 2.19. The van der Waals surface area contributed by atoms with Crippen LogP contribution in [0.2, 0.25) is 10.0 Å². The Labute approximate surface area is 129 Å². The predicted octanol–water partition coefficient (Wildman–Crippen LogP) is 5.51. The highest BCUT2D eigenvalue weighted by molar-refractivity contribution is 7.99. The van der Waals surface area contributed by atoms with Crippen molar-refractivity contribution < 1.29 is 0 Å². The van der Waals surface area contributed by atoms with Gasteiger partial charge in [0.05, 0.1) is 0 Å². The van der Waals surface area contributed by atoms with Gasteiger partial charge in [0.25, 0.3) is 0 Å². The Kier molecular flexibility index (Phi) is 6.09. The van der Waals surface area contributed by atoms with Crippen LogP contribution >= 0.6 is 35.0 Å². The van der Waals surface area contributed by atoms with E-state index in [0.29, 0.717) is 0 Å². The lowest BCUT2D eigenvalue weighted by molar-refractivity contribution is 1.13. The van der Waals surface area contributed by atoms with Gasteiger partial charge in [-0.2, -0.15) is 11.8 Å². The zero-order valence-electron chi connectivity index (χ0n) is 10.6. The molecule has 0 N–H and O–H groups in total. The van der Waals surface area contributed by atoms with Crippen molar-refractivity contribution in [1.82, 2.24) is 0 Å². The monoisotopic (exact) mass is 310 g/mol. The summed E-state index contributed by atoms with van der Waals surface area (Å²) >= 11 is 14.2. The molecule has 0 fully saturated rings. The second-order valence-electron chi connectivity index (χ2n) is 4.30. The zero-order valence-corrected chi connectivity index (χ0v) is 12.9. The van der Waals surface area contributed by atoms with Crippen LogP contribution in [0.5, 0.6) is 0 Å². The molecule has 0 radical (unpaired) electrons. The number of thioether (sulfide) groups is 1. The molecule has 0 aliphatic heterocycles. The first-order chi connectivity index (χ1) is 9.27. The fourth-order valence-corrected chi connectivity index (χ4v) is 3.26.